The molecule has 6 nitrogen and oxygen atoms in total. The minimum Gasteiger partial charge on any atom is -0.489 e. The SMILES string of the molecule is O=C1NC2(CCCC2)C(=O)N1CC(O)COc1cc(Cl)ccc1Cl. The molecule has 2 aliphatic rings. The van der Waals surface area contributed by atoms with Crippen LogP contribution in [0.2, 0.25) is 10.0 Å². The summed E-state index contributed by atoms with van der Waals surface area (Å²) in [5.74, 6) is 0.0810. The summed E-state index contributed by atoms with van der Waals surface area (Å²) in [4.78, 5) is 25.6. The second-order valence-electron chi connectivity index (χ2n) is 6.17. The van der Waals surface area contributed by atoms with Crippen molar-refractivity contribution < 1.29 is 19.4 Å². The van der Waals surface area contributed by atoms with Gasteiger partial charge in [0.25, 0.3) is 5.91 Å². The van der Waals surface area contributed by atoms with E-state index >= 15 is 0 Å². The minimum absolute atomic E-state index is 0.107. The van der Waals surface area contributed by atoms with Gasteiger partial charge in [0.15, 0.2) is 0 Å². The summed E-state index contributed by atoms with van der Waals surface area (Å²) in [6, 6.07) is 4.30. The van der Waals surface area contributed by atoms with Crippen molar-refractivity contribution in [2.24, 2.45) is 0 Å². The molecule has 1 atom stereocenters. The molecule has 1 saturated carbocycles. The van der Waals surface area contributed by atoms with Gasteiger partial charge in [0.05, 0.1) is 11.6 Å². The maximum absolute atomic E-state index is 12.5. The normalized spacial score (nSPS) is 20.5. The number of carbonyl (C=O) groups is 2. The van der Waals surface area contributed by atoms with Gasteiger partial charge in [0.2, 0.25) is 0 Å². The zero-order valence-electron chi connectivity index (χ0n) is 12.9. The second kappa shape index (κ2) is 6.78. The van der Waals surface area contributed by atoms with Gasteiger partial charge >= 0.3 is 6.03 Å². The van der Waals surface area contributed by atoms with Gasteiger partial charge in [-0.3, -0.25) is 9.69 Å². The number of amides is 3. The van der Waals surface area contributed by atoms with Crippen LogP contribution < -0.4 is 10.1 Å². The molecule has 1 aromatic rings. The van der Waals surface area contributed by atoms with E-state index in [1.807, 2.05) is 0 Å². The van der Waals surface area contributed by atoms with E-state index in [-0.39, 0.29) is 19.1 Å². The smallest absolute Gasteiger partial charge is 0.325 e. The van der Waals surface area contributed by atoms with Crippen LogP contribution in [-0.2, 0) is 4.79 Å². The number of imide groups is 1. The standard InChI is InChI=1S/C16H18Cl2N2O4/c17-10-3-4-12(18)13(7-10)24-9-11(21)8-20-14(22)16(19-15(20)23)5-1-2-6-16/h3-4,7,11,21H,1-2,5-6,8-9H2,(H,19,23). The van der Waals surface area contributed by atoms with Crippen molar-refractivity contribution >= 4 is 35.1 Å². The molecule has 2 fully saturated rings. The van der Waals surface area contributed by atoms with Crippen molar-refractivity contribution in [2.45, 2.75) is 37.3 Å². The summed E-state index contributed by atoms with van der Waals surface area (Å²) < 4.78 is 5.44. The molecule has 1 aliphatic carbocycles. The molecule has 130 valence electrons. The third-order valence-electron chi connectivity index (χ3n) is 4.42. The van der Waals surface area contributed by atoms with Gasteiger partial charge in [0, 0.05) is 11.1 Å². The number of carbonyl (C=O) groups excluding carboxylic acids is 2. The van der Waals surface area contributed by atoms with Gasteiger partial charge in [-0.25, -0.2) is 4.79 Å². The Morgan fingerprint density at radius 1 is 1.29 bits per heavy atom. The molecule has 2 N–H and O–H groups in total. The molecule has 3 rings (SSSR count). The van der Waals surface area contributed by atoms with Gasteiger partial charge in [-0.15, -0.1) is 0 Å². The summed E-state index contributed by atoms with van der Waals surface area (Å²) >= 11 is 11.9. The maximum Gasteiger partial charge on any atom is 0.325 e. The highest BCUT2D eigenvalue weighted by Crippen LogP contribution is 2.35. The molecule has 1 saturated heterocycles. The summed E-state index contributed by atoms with van der Waals surface area (Å²) in [6.45, 7) is -0.227. The van der Waals surface area contributed by atoms with Gasteiger partial charge in [0.1, 0.15) is 24.0 Å². The van der Waals surface area contributed by atoms with Crippen LogP contribution in [0.1, 0.15) is 25.7 Å². The molecule has 0 bridgehead atoms. The van der Waals surface area contributed by atoms with Crippen LogP contribution in [0.25, 0.3) is 0 Å². The lowest BCUT2D eigenvalue weighted by Crippen LogP contribution is -2.45. The summed E-state index contributed by atoms with van der Waals surface area (Å²) in [6.07, 6.45) is 2.11. The van der Waals surface area contributed by atoms with Gasteiger partial charge in [-0.05, 0) is 25.0 Å². The Hall–Kier alpha value is -1.50. The first kappa shape index (κ1) is 17.3. The lowest BCUT2D eigenvalue weighted by Gasteiger charge is -2.21. The molecule has 0 radical (unpaired) electrons. The molecule has 1 heterocycles. The molecule has 1 aliphatic heterocycles. The van der Waals surface area contributed by atoms with Gasteiger partial charge in [-0.2, -0.15) is 0 Å². The maximum atomic E-state index is 12.5. The van der Waals surface area contributed by atoms with Crippen molar-refractivity contribution in [1.29, 1.82) is 0 Å². The van der Waals surface area contributed by atoms with Crippen LogP contribution in [0.4, 0.5) is 4.79 Å². The Labute approximate surface area is 149 Å². The number of hydrogen-bond acceptors (Lipinski definition) is 4. The first-order valence-electron chi connectivity index (χ1n) is 7.81. The summed E-state index contributed by atoms with van der Waals surface area (Å²) in [5, 5.41) is 13.7. The molecule has 8 heteroatoms. The Bertz CT molecular complexity index is 661. The highest BCUT2D eigenvalue weighted by Gasteiger charge is 2.52. The van der Waals surface area contributed by atoms with Crippen molar-refractivity contribution in [1.82, 2.24) is 10.2 Å². The van der Waals surface area contributed by atoms with Crippen LogP contribution >= 0.6 is 23.2 Å². The highest BCUT2D eigenvalue weighted by molar-refractivity contribution is 6.34. The summed E-state index contributed by atoms with van der Waals surface area (Å²) in [5.41, 5.74) is -0.770. The quantitative estimate of drug-likeness (QED) is 0.778. The number of hydrogen-bond donors (Lipinski definition) is 2. The van der Waals surface area contributed by atoms with Crippen molar-refractivity contribution in [3.05, 3.63) is 28.2 Å². The predicted molar refractivity (Wildman–Crippen MR) is 89.4 cm³/mol. The van der Waals surface area contributed by atoms with E-state index < -0.39 is 17.7 Å². The molecule has 24 heavy (non-hydrogen) atoms. The van der Waals surface area contributed by atoms with Crippen molar-refractivity contribution in [3.63, 3.8) is 0 Å². The van der Waals surface area contributed by atoms with Gasteiger partial charge in [-0.1, -0.05) is 36.0 Å². The Balaban J connectivity index is 1.59. The lowest BCUT2D eigenvalue weighted by molar-refractivity contribution is -0.132. The molecule has 0 aromatic heterocycles. The van der Waals surface area contributed by atoms with E-state index in [9.17, 15) is 14.7 Å². The van der Waals surface area contributed by atoms with Crippen molar-refractivity contribution in [2.75, 3.05) is 13.2 Å². The third-order valence-corrected chi connectivity index (χ3v) is 4.97. The average Bonchev–Trinajstić information content (AvgIpc) is 3.10. The fourth-order valence-electron chi connectivity index (χ4n) is 3.20. The zero-order chi connectivity index (χ0) is 17.3. The number of urea groups is 1. The largest absolute Gasteiger partial charge is 0.489 e. The number of aliphatic hydroxyl groups excluding tert-OH is 1. The molecule has 1 unspecified atom stereocenters. The number of rotatable bonds is 5. The van der Waals surface area contributed by atoms with Crippen LogP contribution in [0.5, 0.6) is 5.75 Å². The molecular weight excluding hydrogens is 355 g/mol. The highest BCUT2D eigenvalue weighted by atomic mass is 35.5. The van der Waals surface area contributed by atoms with E-state index in [2.05, 4.69) is 5.32 Å². The van der Waals surface area contributed by atoms with Crippen LogP contribution in [0.3, 0.4) is 0 Å². The fourth-order valence-corrected chi connectivity index (χ4v) is 3.53. The van der Waals surface area contributed by atoms with E-state index in [0.717, 1.165) is 17.7 Å². The van der Waals surface area contributed by atoms with E-state index in [0.29, 0.717) is 28.6 Å². The Morgan fingerprint density at radius 3 is 2.71 bits per heavy atom. The Kier molecular flexibility index (Phi) is 4.90. The third kappa shape index (κ3) is 3.31. The Morgan fingerprint density at radius 2 is 2.00 bits per heavy atom. The predicted octanol–water partition coefficient (Wildman–Crippen LogP) is 2.60. The second-order valence-corrected chi connectivity index (χ2v) is 7.02. The number of aliphatic hydroxyl groups is 1. The van der Waals surface area contributed by atoms with Crippen LogP contribution in [0, 0.1) is 0 Å². The van der Waals surface area contributed by atoms with Crippen molar-refractivity contribution in [3.8, 4) is 5.75 Å². The van der Waals surface area contributed by atoms with Crippen LogP contribution in [0.15, 0.2) is 18.2 Å². The molecule has 1 aromatic carbocycles. The fraction of sp³-hybridized carbons (Fsp3) is 0.500. The number of β-amino-alcohol motifs (C(OH)–C–C–N with tert-alkyl or cyclic N) is 1. The number of nitrogens with zero attached hydrogens (tertiary/aromatic N) is 1. The first-order valence-corrected chi connectivity index (χ1v) is 8.57. The molecular formula is C16H18Cl2N2O4. The van der Waals surface area contributed by atoms with E-state index in [1.54, 1.807) is 12.1 Å². The minimum atomic E-state index is -1.02. The first-order chi connectivity index (χ1) is 11.4. The number of halogens is 2. The zero-order valence-corrected chi connectivity index (χ0v) is 14.4. The molecule has 3 amide bonds. The van der Waals surface area contributed by atoms with Gasteiger partial charge < -0.3 is 15.2 Å². The van der Waals surface area contributed by atoms with E-state index in [1.165, 1.54) is 6.07 Å². The van der Waals surface area contributed by atoms with E-state index in [4.69, 9.17) is 27.9 Å². The number of ether oxygens (including phenoxy) is 1. The summed E-state index contributed by atoms with van der Waals surface area (Å²) in [7, 11) is 0. The number of nitrogens with one attached hydrogen (secondary N) is 1. The number of benzene rings is 1. The monoisotopic (exact) mass is 372 g/mol. The molecule has 1 spiro atoms. The van der Waals surface area contributed by atoms with Crippen LogP contribution in [-0.4, -0.2) is 46.7 Å². The topological polar surface area (TPSA) is 78.9 Å². The lowest BCUT2D eigenvalue weighted by atomic mass is 9.98. The average molecular weight is 373 g/mol.